The van der Waals surface area contributed by atoms with Gasteiger partial charge < -0.3 is 29.3 Å². The lowest BCUT2D eigenvalue weighted by atomic mass is 10.1. The van der Waals surface area contributed by atoms with Gasteiger partial charge in [0.25, 0.3) is 0 Å². The Morgan fingerprint density at radius 2 is 1.95 bits per heavy atom. The van der Waals surface area contributed by atoms with Gasteiger partial charge in [-0.2, -0.15) is 18.3 Å². The molecule has 1 aromatic carbocycles. The van der Waals surface area contributed by atoms with Gasteiger partial charge in [0.15, 0.2) is 0 Å². The molecule has 3 N–H and O–H groups in total. The smallest absolute Gasteiger partial charge is 0.490 e. The molecular weight excluding hydrogens is 509 g/mol. The fourth-order valence-corrected chi connectivity index (χ4v) is 3.66. The number of hydrogen-bond donors (Lipinski definition) is 3. The van der Waals surface area contributed by atoms with Crippen molar-refractivity contribution in [2.75, 3.05) is 43.6 Å². The second kappa shape index (κ2) is 11.6. The van der Waals surface area contributed by atoms with Gasteiger partial charge in [-0.15, -0.1) is 0 Å². The first-order valence-electron chi connectivity index (χ1n) is 11.2. The number of alkyl halides is 3. The van der Waals surface area contributed by atoms with E-state index in [9.17, 15) is 13.2 Å². The van der Waals surface area contributed by atoms with E-state index in [1.165, 1.54) is 0 Å². The Bertz CT molecular complexity index is 1350. The summed E-state index contributed by atoms with van der Waals surface area (Å²) in [6.07, 6.45) is 1.81. The lowest BCUT2D eigenvalue weighted by Crippen LogP contribution is -2.36. The van der Waals surface area contributed by atoms with Crippen LogP contribution in [0.25, 0.3) is 22.4 Å². The molecule has 11 nitrogen and oxygen atoms in total. The average molecular weight is 532 g/mol. The Balaban J connectivity index is 0.000000426. The van der Waals surface area contributed by atoms with E-state index in [4.69, 9.17) is 23.9 Å². The molecule has 14 heteroatoms. The summed E-state index contributed by atoms with van der Waals surface area (Å²) in [6, 6.07) is 9.89. The molecule has 1 aliphatic rings. The molecule has 1 fully saturated rings. The van der Waals surface area contributed by atoms with Gasteiger partial charge in [0.2, 0.25) is 0 Å². The molecule has 4 heterocycles. The van der Waals surface area contributed by atoms with Gasteiger partial charge in [-0.3, -0.25) is 5.10 Å². The highest BCUT2D eigenvalue weighted by Crippen LogP contribution is 2.34. The van der Waals surface area contributed by atoms with Crippen LogP contribution in [0, 0.1) is 0 Å². The molecule has 4 aromatic rings. The normalized spacial score (nSPS) is 13.4. The van der Waals surface area contributed by atoms with Crippen molar-refractivity contribution in [3.05, 3.63) is 55.2 Å². The van der Waals surface area contributed by atoms with Crippen molar-refractivity contribution >= 4 is 23.2 Å². The lowest BCUT2D eigenvalue weighted by molar-refractivity contribution is -0.192. The number of carboxylic acids is 1. The van der Waals surface area contributed by atoms with E-state index in [2.05, 4.69) is 36.6 Å². The van der Waals surface area contributed by atoms with Crippen molar-refractivity contribution in [2.24, 2.45) is 0 Å². The predicted octanol–water partition coefficient (Wildman–Crippen LogP) is 4.35. The first-order valence-corrected chi connectivity index (χ1v) is 11.2. The molecule has 1 saturated heterocycles. The first-order chi connectivity index (χ1) is 18.3. The zero-order valence-corrected chi connectivity index (χ0v) is 20.0. The number of hydrogen-bond acceptors (Lipinski definition) is 9. The second-order valence-corrected chi connectivity index (χ2v) is 7.91. The second-order valence-electron chi connectivity index (χ2n) is 7.91. The van der Waals surface area contributed by atoms with Crippen LogP contribution < -0.4 is 15.0 Å². The molecule has 3 aromatic heterocycles. The minimum Gasteiger partial charge on any atom is -0.495 e. The number of nitrogens with zero attached hydrogens (tertiary/aromatic N) is 4. The van der Waals surface area contributed by atoms with E-state index in [-0.39, 0.29) is 0 Å². The summed E-state index contributed by atoms with van der Waals surface area (Å²) in [7, 11) is 1.68. The average Bonchev–Trinajstić information content (AvgIpc) is 3.61. The predicted molar refractivity (Wildman–Crippen MR) is 130 cm³/mol. The topological polar surface area (TPSA) is 139 Å². The van der Waals surface area contributed by atoms with Crippen LogP contribution in [-0.4, -0.2) is 71.0 Å². The largest absolute Gasteiger partial charge is 0.495 e. The molecule has 200 valence electrons. The highest BCUT2D eigenvalue weighted by atomic mass is 19.4. The SMILES string of the molecule is COc1cc(Nc2cc(-c3nocc3-c3cn[nH]c3)ccn2)ccc1N1CCOCC1.O=C(O)C(F)(F)F. The van der Waals surface area contributed by atoms with Crippen LogP contribution in [0.15, 0.2) is 59.7 Å². The maximum absolute atomic E-state index is 10.6. The van der Waals surface area contributed by atoms with Gasteiger partial charge in [0.05, 0.1) is 37.8 Å². The summed E-state index contributed by atoms with van der Waals surface area (Å²) in [6.45, 7) is 3.15. The van der Waals surface area contributed by atoms with Gasteiger partial charge in [-0.1, -0.05) is 5.16 Å². The minimum atomic E-state index is -5.08. The maximum Gasteiger partial charge on any atom is 0.490 e. The summed E-state index contributed by atoms with van der Waals surface area (Å²) in [5.41, 5.74) is 5.33. The number of benzene rings is 1. The molecule has 0 radical (unpaired) electrons. The third-order valence-electron chi connectivity index (χ3n) is 5.46. The molecule has 0 bridgehead atoms. The number of anilines is 3. The molecule has 0 unspecified atom stereocenters. The molecule has 0 aliphatic carbocycles. The van der Waals surface area contributed by atoms with Crippen molar-refractivity contribution in [2.45, 2.75) is 6.18 Å². The van der Waals surface area contributed by atoms with E-state index in [0.29, 0.717) is 5.82 Å². The zero-order valence-electron chi connectivity index (χ0n) is 20.0. The van der Waals surface area contributed by atoms with Gasteiger partial charge in [-0.05, 0) is 24.3 Å². The lowest BCUT2D eigenvalue weighted by Gasteiger charge is -2.30. The van der Waals surface area contributed by atoms with Crippen LogP contribution in [0.5, 0.6) is 5.75 Å². The molecular formula is C24H23F3N6O5. The van der Waals surface area contributed by atoms with Crippen LogP contribution >= 0.6 is 0 Å². The quantitative estimate of drug-likeness (QED) is 0.329. The molecule has 0 amide bonds. The van der Waals surface area contributed by atoms with Crippen LogP contribution in [-0.2, 0) is 9.53 Å². The summed E-state index contributed by atoms with van der Waals surface area (Å²) in [5, 5.41) is 21.5. The Morgan fingerprint density at radius 1 is 1.18 bits per heavy atom. The van der Waals surface area contributed by atoms with Crippen LogP contribution in [0.2, 0.25) is 0 Å². The number of nitrogens with one attached hydrogen (secondary N) is 2. The van der Waals surface area contributed by atoms with E-state index < -0.39 is 12.1 Å². The molecule has 38 heavy (non-hydrogen) atoms. The number of aromatic nitrogens is 4. The van der Waals surface area contributed by atoms with Crippen molar-refractivity contribution in [3.8, 4) is 28.1 Å². The molecule has 5 rings (SSSR count). The van der Waals surface area contributed by atoms with Crippen molar-refractivity contribution in [1.82, 2.24) is 20.3 Å². The number of ether oxygens (including phenoxy) is 2. The number of methoxy groups -OCH3 is 1. The summed E-state index contributed by atoms with van der Waals surface area (Å²) >= 11 is 0. The molecule has 0 atom stereocenters. The summed E-state index contributed by atoms with van der Waals surface area (Å²) in [4.78, 5) is 15.6. The number of halogens is 3. The van der Waals surface area contributed by atoms with Crippen LogP contribution in [0.3, 0.4) is 0 Å². The fraction of sp³-hybridized carbons (Fsp3) is 0.250. The zero-order chi connectivity index (χ0) is 27.1. The minimum absolute atomic E-state index is 0.694. The number of carbonyl (C=O) groups is 1. The highest BCUT2D eigenvalue weighted by Gasteiger charge is 2.38. The van der Waals surface area contributed by atoms with E-state index in [1.54, 1.807) is 32.0 Å². The molecule has 1 aliphatic heterocycles. The van der Waals surface area contributed by atoms with Crippen molar-refractivity contribution in [1.29, 1.82) is 0 Å². The Kier molecular flexibility index (Phi) is 8.11. The number of carboxylic acid groups (broad SMARTS) is 1. The molecule has 0 spiro atoms. The van der Waals surface area contributed by atoms with E-state index in [0.717, 1.165) is 65.8 Å². The van der Waals surface area contributed by atoms with Gasteiger partial charge >= 0.3 is 12.1 Å². The Morgan fingerprint density at radius 3 is 2.61 bits per heavy atom. The number of rotatable bonds is 6. The number of morpholine rings is 1. The number of pyridine rings is 1. The summed E-state index contributed by atoms with van der Waals surface area (Å²) < 4.78 is 48.1. The van der Waals surface area contributed by atoms with Crippen LogP contribution in [0.1, 0.15) is 0 Å². The van der Waals surface area contributed by atoms with Crippen molar-refractivity contribution in [3.63, 3.8) is 0 Å². The standard InChI is InChI=1S/C22H22N6O3.C2HF3O2/c1-29-20-11-17(2-3-19(20)28-6-8-30-9-7-28)26-21-10-15(4-5-23-21)22-18(14-31-27-22)16-12-24-25-13-16;3-2(4,5)1(6)7/h2-5,10-14H,6-9H2,1H3,(H,23,26)(H,24,25);(H,6,7). The van der Waals surface area contributed by atoms with E-state index >= 15 is 0 Å². The third-order valence-corrected chi connectivity index (χ3v) is 5.46. The van der Waals surface area contributed by atoms with E-state index in [1.807, 2.05) is 24.3 Å². The molecule has 0 saturated carbocycles. The maximum atomic E-state index is 10.6. The number of H-pyrrole nitrogens is 1. The van der Waals surface area contributed by atoms with Gasteiger partial charge in [0, 0.05) is 48.4 Å². The van der Waals surface area contributed by atoms with Gasteiger partial charge in [-0.25, -0.2) is 9.78 Å². The highest BCUT2D eigenvalue weighted by molar-refractivity contribution is 5.80. The first kappa shape index (κ1) is 26.5. The fourth-order valence-electron chi connectivity index (χ4n) is 3.66. The Labute approximate surface area is 214 Å². The van der Waals surface area contributed by atoms with Gasteiger partial charge in [0.1, 0.15) is 23.5 Å². The number of aliphatic carboxylic acids is 1. The number of aromatic amines is 1. The van der Waals surface area contributed by atoms with Crippen molar-refractivity contribution < 1.29 is 37.1 Å². The Hall–Kier alpha value is -4.59. The van der Waals surface area contributed by atoms with Crippen LogP contribution in [0.4, 0.5) is 30.4 Å². The third kappa shape index (κ3) is 6.39. The monoisotopic (exact) mass is 532 g/mol. The summed E-state index contributed by atoms with van der Waals surface area (Å²) in [5.74, 6) is -1.26.